The van der Waals surface area contributed by atoms with Crippen LogP contribution in [0.4, 0.5) is 0 Å². The molecule has 5 rings (SSSR count). The molecule has 0 unspecified atom stereocenters. The molecule has 0 spiro atoms. The third-order valence-electron chi connectivity index (χ3n) is 6.04. The Morgan fingerprint density at radius 2 is 1.88 bits per heavy atom. The Morgan fingerprint density at radius 1 is 1.12 bits per heavy atom. The van der Waals surface area contributed by atoms with E-state index < -0.39 is 10.0 Å². The minimum absolute atomic E-state index is 0.154. The molecule has 3 heterocycles. The van der Waals surface area contributed by atoms with Gasteiger partial charge in [0.2, 0.25) is 10.0 Å². The number of piperidine rings is 1. The van der Waals surface area contributed by atoms with Gasteiger partial charge in [-0.25, -0.2) is 18.1 Å². The lowest BCUT2D eigenvalue weighted by Crippen LogP contribution is -2.39. The molecule has 1 aliphatic rings. The van der Waals surface area contributed by atoms with E-state index in [0.29, 0.717) is 31.0 Å². The van der Waals surface area contributed by atoms with Crippen LogP contribution in [0.15, 0.2) is 64.3 Å². The van der Waals surface area contributed by atoms with Crippen molar-refractivity contribution in [3.63, 3.8) is 0 Å². The first-order valence-electron chi connectivity index (χ1n) is 11.0. The van der Waals surface area contributed by atoms with Crippen LogP contribution in [0.3, 0.4) is 0 Å². The molecule has 0 amide bonds. The zero-order valence-corrected chi connectivity index (χ0v) is 19.4. The van der Waals surface area contributed by atoms with Crippen molar-refractivity contribution in [1.82, 2.24) is 29.3 Å². The van der Waals surface area contributed by atoms with Crippen LogP contribution in [0.25, 0.3) is 11.2 Å². The van der Waals surface area contributed by atoms with Crippen LogP contribution in [-0.4, -0.2) is 57.9 Å². The predicted octanol–water partition coefficient (Wildman–Crippen LogP) is 2.14. The number of aromatic amines is 1. The standard InChI is InChI=1S/C23H24N6O4S/c1-33-18-11-9-16(10-12-18)14-29-22-20(26-27-29)23(30)25-21(24-22)17-6-5-13-28(15-17)34(31,32)19-7-3-2-4-8-19/h2-4,7-12,17H,5-6,13-15H2,1H3,(H,24,25,30)/t17-/m1/s1. The van der Waals surface area contributed by atoms with Crippen molar-refractivity contribution < 1.29 is 13.2 Å². The molecule has 11 heteroatoms. The summed E-state index contributed by atoms with van der Waals surface area (Å²) in [4.78, 5) is 20.5. The highest BCUT2D eigenvalue weighted by Crippen LogP contribution is 2.28. The lowest BCUT2D eigenvalue weighted by atomic mass is 9.99. The summed E-state index contributed by atoms with van der Waals surface area (Å²) in [7, 11) is -2.02. The van der Waals surface area contributed by atoms with Gasteiger partial charge in [-0.3, -0.25) is 4.79 Å². The molecule has 34 heavy (non-hydrogen) atoms. The van der Waals surface area contributed by atoms with Gasteiger partial charge in [0.15, 0.2) is 11.2 Å². The molecule has 2 aromatic carbocycles. The van der Waals surface area contributed by atoms with Crippen LogP contribution >= 0.6 is 0 Å². The largest absolute Gasteiger partial charge is 0.497 e. The minimum Gasteiger partial charge on any atom is -0.497 e. The number of benzene rings is 2. The molecule has 10 nitrogen and oxygen atoms in total. The Bertz CT molecular complexity index is 1470. The number of ether oxygens (including phenoxy) is 1. The van der Waals surface area contributed by atoms with Crippen molar-refractivity contribution in [3.05, 3.63) is 76.3 Å². The number of hydrogen-bond acceptors (Lipinski definition) is 7. The molecular formula is C23H24N6O4S. The lowest BCUT2D eigenvalue weighted by Gasteiger charge is -2.31. The summed E-state index contributed by atoms with van der Waals surface area (Å²) in [5, 5.41) is 8.12. The van der Waals surface area contributed by atoms with E-state index >= 15 is 0 Å². The first-order valence-corrected chi connectivity index (χ1v) is 12.4. The summed E-state index contributed by atoms with van der Waals surface area (Å²) >= 11 is 0. The fourth-order valence-electron chi connectivity index (χ4n) is 4.21. The maximum Gasteiger partial charge on any atom is 0.281 e. The Labute approximate surface area is 196 Å². The molecule has 0 saturated carbocycles. The van der Waals surface area contributed by atoms with Gasteiger partial charge in [0, 0.05) is 19.0 Å². The number of nitrogens with zero attached hydrogens (tertiary/aromatic N) is 5. The molecule has 1 saturated heterocycles. The minimum atomic E-state index is -3.63. The third kappa shape index (κ3) is 4.19. The zero-order valence-electron chi connectivity index (χ0n) is 18.6. The predicted molar refractivity (Wildman–Crippen MR) is 125 cm³/mol. The quantitative estimate of drug-likeness (QED) is 0.448. The maximum absolute atomic E-state index is 13.1. The number of rotatable bonds is 6. The molecule has 0 bridgehead atoms. The van der Waals surface area contributed by atoms with Crippen LogP contribution in [0.5, 0.6) is 5.75 Å². The highest BCUT2D eigenvalue weighted by molar-refractivity contribution is 7.89. The lowest BCUT2D eigenvalue weighted by molar-refractivity contribution is 0.309. The molecule has 2 aromatic heterocycles. The molecular weight excluding hydrogens is 456 g/mol. The Balaban J connectivity index is 1.44. The van der Waals surface area contributed by atoms with E-state index in [0.717, 1.165) is 17.7 Å². The number of methoxy groups -OCH3 is 1. The number of hydrogen-bond donors (Lipinski definition) is 1. The summed E-state index contributed by atoms with van der Waals surface area (Å²) in [6, 6.07) is 15.9. The van der Waals surface area contributed by atoms with Gasteiger partial charge >= 0.3 is 0 Å². The van der Waals surface area contributed by atoms with Crippen molar-refractivity contribution in [1.29, 1.82) is 0 Å². The number of nitrogens with one attached hydrogen (secondary N) is 1. The second-order valence-corrected chi connectivity index (χ2v) is 10.2. The monoisotopic (exact) mass is 480 g/mol. The van der Waals surface area contributed by atoms with Gasteiger partial charge in [0.05, 0.1) is 18.6 Å². The van der Waals surface area contributed by atoms with E-state index in [4.69, 9.17) is 4.74 Å². The molecule has 0 aliphatic carbocycles. The molecule has 1 aliphatic heterocycles. The van der Waals surface area contributed by atoms with Crippen molar-refractivity contribution in [2.24, 2.45) is 0 Å². The second-order valence-electron chi connectivity index (χ2n) is 8.23. The topological polar surface area (TPSA) is 123 Å². The molecule has 176 valence electrons. The van der Waals surface area contributed by atoms with Crippen LogP contribution in [0, 0.1) is 0 Å². The molecule has 4 aromatic rings. The molecule has 1 atom stereocenters. The fourth-order valence-corrected chi connectivity index (χ4v) is 5.76. The molecule has 0 radical (unpaired) electrons. The van der Waals surface area contributed by atoms with E-state index in [1.807, 2.05) is 24.3 Å². The molecule has 1 N–H and O–H groups in total. The van der Waals surface area contributed by atoms with Gasteiger partial charge in [-0.2, -0.15) is 4.31 Å². The smallest absolute Gasteiger partial charge is 0.281 e. The van der Waals surface area contributed by atoms with Gasteiger partial charge in [-0.1, -0.05) is 35.5 Å². The van der Waals surface area contributed by atoms with Crippen molar-refractivity contribution >= 4 is 21.2 Å². The van der Waals surface area contributed by atoms with Crippen molar-refractivity contribution in [2.45, 2.75) is 30.2 Å². The van der Waals surface area contributed by atoms with E-state index in [1.54, 1.807) is 42.1 Å². The average molecular weight is 481 g/mol. The highest BCUT2D eigenvalue weighted by Gasteiger charge is 2.32. The zero-order chi connectivity index (χ0) is 23.7. The van der Waals surface area contributed by atoms with E-state index in [-0.39, 0.29) is 28.4 Å². The number of fused-ring (bicyclic) bond motifs is 1. The number of H-pyrrole nitrogens is 1. The average Bonchev–Trinajstić information content (AvgIpc) is 3.28. The van der Waals surface area contributed by atoms with Gasteiger partial charge in [-0.15, -0.1) is 5.10 Å². The number of sulfonamides is 1. The normalized spacial score (nSPS) is 17.1. The highest BCUT2D eigenvalue weighted by atomic mass is 32.2. The van der Waals surface area contributed by atoms with Gasteiger partial charge in [0.25, 0.3) is 5.56 Å². The fraction of sp³-hybridized carbons (Fsp3) is 0.304. The van der Waals surface area contributed by atoms with E-state index in [2.05, 4.69) is 20.3 Å². The third-order valence-corrected chi connectivity index (χ3v) is 7.91. The SMILES string of the molecule is COc1ccc(Cn2nnc3c(=O)[nH]c([C@@H]4CCCN(S(=O)(=O)c5ccccc5)C4)nc32)cc1. The summed E-state index contributed by atoms with van der Waals surface area (Å²) in [6.07, 6.45) is 1.39. The summed E-state index contributed by atoms with van der Waals surface area (Å²) in [6.45, 7) is 1.05. The van der Waals surface area contributed by atoms with E-state index in [9.17, 15) is 13.2 Å². The first kappa shape index (κ1) is 22.2. The first-order chi connectivity index (χ1) is 16.5. The van der Waals surface area contributed by atoms with Gasteiger partial charge in [0.1, 0.15) is 11.6 Å². The summed E-state index contributed by atoms with van der Waals surface area (Å²) < 4.78 is 34.5. The maximum atomic E-state index is 13.1. The second kappa shape index (κ2) is 8.99. The Morgan fingerprint density at radius 3 is 2.62 bits per heavy atom. The summed E-state index contributed by atoms with van der Waals surface area (Å²) in [5.41, 5.74) is 1.09. The van der Waals surface area contributed by atoms with Crippen LogP contribution in [-0.2, 0) is 16.6 Å². The van der Waals surface area contributed by atoms with Gasteiger partial charge in [-0.05, 0) is 42.7 Å². The summed E-state index contributed by atoms with van der Waals surface area (Å²) in [5.74, 6) is 0.953. The Hall–Kier alpha value is -3.57. The Kier molecular flexibility index (Phi) is 5.88. The number of aromatic nitrogens is 5. The van der Waals surface area contributed by atoms with Crippen LogP contribution in [0.1, 0.15) is 30.1 Å². The van der Waals surface area contributed by atoms with Crippen molar-refractivity contribution in [2.75, 3.05) is 20.2 Å². The molecule has 1 fully saturated rings. The van der Waals surface area contributed by atoms with Crippen molar-refractivity contribution in [3.8, 4) is 5.75 Å². The van der Waals surface area contributed by atoms with Crippen LogP contribution in [0.2, 0.25) is 0 Å². The van der Waals surface area contributed by atoms with Crippen LogP contribution < -0.4 is 10.3 Å². The van der Waals surface area contributed by atoms with E-state index in [1.165, 1.54) is 4.31 Å². The van der Waals surface area contributed by atoms with Gasteiger partial charge < -0.3 is 9.72 Å².